The molecule has 2 heterocycles. The van der Waals surface area contributed by atoms with Gasteiger partial charge in [0.05, 0.1) is 0 Å². The first-order valence-corrected chi connectivity index (χ1v) is 4.51. The third-order valence-corrected chi connectivity index (χ3v) is 1.88. The average molecular weight is 216 g/mol. The van der Waals surface area contributed by atoms with E-state index in [9.17, 15) is 9.59 Å². The largest absolute Gasteiger partial charge is 0.356 e. The summed E-state index contributed by atoms with van der Waals surface area (Å²) in [5.74, 6) is -0.172. The normalized spacial score (nSPS) is 9.75. The molecule has 0 atom stereocenters. The summed E-state index contributed by atoms with van der Waals surface area (Å²) >= 11 is 0. The van der Waals surface area contributed by atoms with Gasteiger partial charge in [0.2, 0.25) is 5.95 Å². The van der Waals surface area contributed by atoms with Gasteiger partial charge in [0, 0.05) is 24.2 Å². The third-order valence-electron chi connectivity index (χ3n) is 1.88. The third kappa shape index (κ3) is 2.11. The Hall–Kier alpha value is -2.50. The van der Waals surface area contributed by atoms with E-state index in [-0.39, 0.29) is 17.5 Å². The summed E-state index contributed by atoms with van der Waals surface area (Å²) in [6.07, 6.45) is 5.16. The van der Waals surface area contributed by atoms with Gasteiger partial charge in [-0.3, -0.25) is 14.9 Å². The van der Waals surface area contributed by atoms with Crippen LogP contribution in [0.25, 0.3) is 0 Å². The van der Waals surface area contributed by atoms with Crippen LogP contribution in [0, 0.1) is 0 Å². The van der Waals surface area contributed by atoms with Crippen molar-refractivity contribution in [2.75, 3.05) is 5.32 Å². The summed E-state index contributed by atoms with van der Waals surface area (Å²) in [6.45, 7) is 0. The molecule has 0 fully saturated rings. The molecule has 0 aromatic carbocycles. The molecule has 0 aliphatic carbocycles. The fourth-order valence-corrected chi connectivity index (χ4v) is 1.14. The van der Waals surface area contributed by atoms with Gasteiger partial charge in [-0.05, 0) is 12.1 Å². The van der Waals surface area contributed by atoms with E-state index in [0.29, 0.717) is 11.8 Å². The molecule has 80 valence electrons. The Labute approximate surface area is 90.7 Å². The van der Waals surface area contributed by atoms with Crippen LogP contribution in [-0.2, 0) is 0 Å². The lowest BCUT2D eigenvalue weighted by atomic mass is 10.3. The monoisotopic (exact) mass is 216 g/mol. The van der Waals surface area contributed by atoms with E-state index in [0.717, 1.165) is 0 Å². The summed E-state index contributed by atoms with van der Waals surface area (Å²) < 4.78 is 0. The predicted octanol–water partition coefficient (Wildman–Crippen LogP) is 0.869. The molecule has 16 heavy (non-hydrogen) atoms. The predicted molar refractivity (Wildman–Crippen MR) is 56.2 cm³/mol. The lowest BCUT2D eigenvalue weighted by molar-refractivity contribution is 0.102. The highest BCUT2D eigenvalue weighted by Gasteiger charge is 2.09. The van der Waals surface area contributed by atoms with Crippen LogP contribution in [0.2, 0.25) is 0 Å². The van der Waals surface area contributed by atoms with Crippen molar-refractivity contribution < 1.29 is 9.59 Å². The van der Waals surface area contributed by atoms with E-state index in [1.807, 2.05) is 0 Å². The van der Waals surface area contributed by atoms with Crippen molar-refractivity contribution in [3.63, 3.8) is 0 Å². The molecule has 1 amide bonds. The van der Waals surface area contributed by atoms with Gasteiger partial charge < -0.3 is 4.98 Å². The van der Waals surface area contributed by atoms with Crippen LogP contribution < -0.4 is 5.32 Å². The zero-order valence-electron chi connectivity index (χ0n) is 8.18. The molecule has 2 rings (SSSR count). The molecule has 0 unspecified atom stereocenters. The van der Waals surface area contributed by atoms with Crippen LogP contribution in [0.5, 0.6) is 0 Å². The van der Waals surface area contributed by atoms with Crippen molar-refractivity contribution in [3.05, 3.63) is 42.0 Å². The summed E-state index contributed by atoms with van der Waals surface area (Å²) in [5.41, 5.74) is 0.702. The fourth-order valence-electron chi connectivity index (χ4n) is 1.14. The van der Waals surface area contributed by atoms with Crippen LogP contribution in [0.1, 0.15) is 20.8 Å². The Morgan fingerprint density at radius 3 is 2.75 bits per heavy atom. The number of aromatic amines is 1. The molecule has 0 radical (unpaired) electrons. The topological polar surface area (TPSA) is 87.7 Å². The number of hydrogen-bond donors (Lipinski definition) is 2. The van der Waals surface area contributed by atoms with Gasteiger partial charge in [-0.1, -0.05) is 0 Å². The van der Waals surface area contributed by atoms with E-state index in [4.69, 9.17) is 0 Å². The molecule has 0 aliphatic heterocycles. The molecule has 6 heteroatoms. The van der Waals surface area contributed by atoms with Crippen molar-refractivity contribution in [2.24, 2.45) is 0 Å². The molecule has 2 N–H and O–H groups in total. The van der Waals surface area contributed by atoms with Crippen LogP contribution in [0.3, 0.4) is 0 Å². The SMILES string of the molecule is O=Cc1c[nH]c(C(=O)Nc2ncccn2)c1. The fraction of sp³-hybridized carbons (Fsp3) is 0. The highest BCUT2D eigenvalue weighted by Crippen LogP contribution is 2.03. The number of carbonyl (C=O) groups excluding carboxylic acids is 2. The van der Waals surface area contributed by atoms with Gasteiger partial charge in [-0.15, -0.1) is 0 Å². The van der Waals surface area contributed by atoms with E-state index in [1.54, 1.807) is 6.07 Å². The molecule has 0 saturated heterocycles. The quantitative estimate of drug-likeness (QED) is 0.745. The first-order chi connectivity index (χ1) is 7.79. The standard InChI is InChI=1S/C10H8N4O2/c15-6-7-4-8(13-5-7)9(16)14-10-11-2-1-3-12-10/h1-6,13H,(H,11,12,14,16). The van der Waals surface area contributed by atoms with Crippen molar-refractivity contribution in [1.82, 2.24) is 15.0 Å². The minimum Gasteiger partial charge on any atom is -0.356 e. The number of anilines is 1. The van der Waals surface area contributed by atoms with Crippen LogP contribution in [-0.4, -0.2) is 27.1 Å². The van der Waals surface area contributed by atoms with Gasteiger partial charge in [-0.25, -0.2) is 9.97 Å². The molecule has 2 aromatic heterocycles. The lowest BCUT2D eigenvalue weighted by Gasteiger charge is -1.99. The van der Waals surface area contributed by atoms with Crippen molar-refractivity contribution in [1.29, 1.82) is 0 Å². The maximum atomic E-state index is 11.6. The van der Waals surface area contributed by atoms with Crippen molar-refractivity contribution >= 4 is 18.1 Å². The second-order valence-electron chi connectivity index (χ2n) is 2.99. The van der Waals surface area contributed by atoms with Crippen LogP contribution in [0.4, 0.5) is 5.95 Å². The van der Waals surface area contributed by atoms with E-state index in [2.05, 4.69) is 20.3 Å². The maximum absolute atomic E-state index is 11.6. The highest BCUT2D eigenvalue weighted by atomic mass is 16.2. The molecule has 0 aliphatic rings. The first kappa shape index (κ1) is 10.0. The van der Waals surface area contributed by atoms with Gasteiger partial charge in [0.15, 0.2) is 6.29 Å². The number of aldehydes is 1. The molecular weight excluding hydrogens is 208 g/mol. The highest BCUT2D eigenvalue weighted by molar-refractivity contribution is 6.02. The smallest absolute Gasteiger partial charge is 0.274 e. The van der Waals surface area contributed by atoms with E-state index >= 15 is 0 Å². The number of carbonyl (C=O) groups is 2. The Balaban J connectivity index is 2.11. The number of nitrogens with one attached hydrogen (secondary N) is 2. The van der Waals surface area contributed by atoms with E-state index < -0.39 is 0 Å². The molecule has 0 saturated carbocycles. The minimum absolute atomic E-state index is 0.217. The minimum atomic E-state index is -0.390. The number of aromatic nitrogens is 3. The van der Waals surface area contributed by atoms with Gasteiger partial charge in [0.1, 0.15) is 5.69 Å². The van der Waals surface area contributed by atoms with Crippen LogP contribution in [0.15, 0.2) is 30.7 Å². The number of rotatable bonds is 3. The Kier molecular flexibility index (Phi) is 2.73. The molecule has 0 bridgehead atoms. The first-order valence-electron chi connectivity index (χ1n) is 4.51. The van der Waals surface area contributed by atoms with Crippen molar-refractivity contribution in [2.45, 2.75) is 0 Å². The number of amides is 1. The van der Waals surface area contributed by atoms with Gasteiger partial charge in [0.25, 0.3) is 5.91 Å². The van der Waals surface area contributed by atoms with E-state index in [1.165, 1.54) is 24.7 Å². The van der Waals surface area contributed by atoms with Gasteiger partial charge >= 0.3 is 0 Å². The summed E-state index contributed by atoms with van der Waals surface area (Å²) in [4.78, 5) is 32.4. The Bertz CT molecular complexity index is 507. The lowest BCUT2D eigenvalue weighted by Crippen LogP contribution is -2.14. The average Bonchev–Trinajstić information content (AvgIpc) is 2.79. The zero-order chi connectivity index (χ0) is 11.4. The molecule has 0 spiro atoms. The number of H-pyrrole nitrogens is 1. The summed E-state index contributed by atoms with van der Waals surface area (Å²) in [6, 6.07) is 3.10. The number of nitrogens with zero attached hydrogens (tertiary/aromatic N) is 2. The zero-order valence-corrected chi connectivity index (χ0v) is 8.18. The van der Waals surface area contributed by atoms with Crippen molar-refractivity contribution in [3.8, 4) is 0 Å². The number of hydrogen-bond acceptors (Lipinski definition) is 4. The molecule has 6 nitrogen and oxygen atoms in total. The summed E-state index contributed by atoms with van der Waals surface area (Å²) in [7, 11) is 0. The second-order valence-corrected chi connectivity index (χ2v) is 2.99. The summed E-state index contributed by atoms with van der Waals surface area (Å²) in [5, 5.41) is 2.49. The Morgan fingerprint density at radius 1 is 1.38 bits per heavy atom. The van der Waals surface area contributed by atoms with Gasteiger partial charge in [-0.2, -0.15) is 0 Å². The van der Waals surface area contributed by atoms with Crippen LogP contribution >= 0.6 is 0 Å². The maximum Gasteiger partial charge on any atom is 0.274 e. The second kappa shape index (κ2) is 4.35. The molecule has 2 aromatic rings. The molecular formula is C10H8N4O2. The Morgan fingerprint density at radius 2 is 2.12 bits per heavy atom.